The zero-order valence-corrected chi connectivity index (χ0v) is 31.8. The van der Waals surface area contributed by atoms with Crippen LogP contribution in [-0.4, -0.2) is 47.6 Å². The number of aryl methyl sites for hydroxylation is 1. The molecule has 0 heterocycles. The summed E-state index contributed by atoms with van der Waals surface area (Å²) < 4.78 is 10.8. The first-order valence-corrected chi connectivity index (χ1v) is 19.8. The molecule has 6 heteroatoms. The first-order chi connectivity index (χ1) is 24.5. The van der Waals surface area contributed by atoms with Gasteiger partial charge in [0.05, 0.1) is 36.6 Å². The van der Waals surface area contributed by atoms with Gasteiger partial charge in [0.2, 0.25) is 0 Å². The van der Waals surface area contributed by atoms with Crippen molar-refractivity contribution in [1.29, 1.82) is 0 Å². The number of esters is 2. The second kappa shape index (κ2) is 20.1. The maximum absolute atomic E-state index is 12.3. The summed E-state index contributed by atoms with van der Waals surface area (Å²) in [5.74, 6) is 1.23. The van der Waals surface area contributed by atoms with Gasteiger partial charge in [0, 0.05) is 5.92 Å². The average molecular weight is 701 g/mol. The number of aliphatic hydroxyl groups is 2. The second-order valence-electron chi connectivity index (χ2n) is 15.7. The van der Waals surface area contributed by atoms with Gasteiger partial charge in [-0.3, -0.25) is 0 Å². The number of carbonyl (C=O) groups is 2. The van der Waals surface area contributed by atoms with E-state index in [1.807, 2.05) is 0 Å². The maximum atomic E-state index is 12.3. The van der Waals surface area contributed by atoms with Crippen molar-refractivity contribution in [3.8, 4) is 11.1 Å². The molecular formula is C45H64O6. The van der Waals surface area contributed by atoms with E-state index in [1.165, 1.54) is 93.0 Å². The summed E-state index contributed by atoms with van der Waals surface area (Å²) in [7, 11) is 0. The van der Waals surface area contributed by atoms with E-state index in [-0.39, 0.29) is 30.3 Å². The molecule has 2 fully saturated rings. The highest BCUT2D eigenvalue weighted by Gasteiger charge is 2.26. The molecule has 0 aliphatic heterocycles. The summed E-state index contributed by atoms with van der Waals surface area (Å²) in [6.45, 7) is 14.8. The van der Waals surface area contributed by atoms with E-state index in [9.17, 15) is 19.8 Å². The number of benzene rings is 2. The molecule has 0 saturated heterocycles. The standard InChI is InChI=1S/C45H64O6/c1-7-8-9-10-35-13-17-38(18-14-35)39-21-23-41(24-22-39)43-26-25-42(27-30(43)2)40-19-15-36(16-20-40)11-12-37(28-50-44(48)31(3)33(5)46)29-51-45(49)32(4)34(6)47/h21-27,33-38,40,46-47H,3-4,7-20,28-29H2,1-2,5-6H3. The topological polar surface area (TPSA) is 93.1 Å². The Labute approximate surface area is 307 Å². The monoisotopic (exact) mass is 700 g/mol. The Kier molecular flexibility index (Phi) is 16.0. The lowest BCUT2D eigenvalue weighted by molar-refractivity contribution is -0.145. The van der Waals surface area contributed by atoms with Crippen molar-refractivity contribution in [3.05, 3.63) is 83.5 Å². The summed E-state index contributed by atoms with van der Waals surface area (Å²) in [6.07, 6.45) is 15.1. The second-order valence-corrected chi connectivity index (χ2v) is 15.7. The van der Waals surface area contributed by atoms with Gasteiger partial charge in [0.1, 0.15) is 0 Å². The smallest absolute Gasteiger partial charge is 0.336 e. The number of hydrogen-bond acceptors (Lipinski definition) is 6. The zero-order chi connectivity index (χ0) is 36.9. The van der Waals surface area contributed by atoms with Gasteiger partial charge >= 0.3 is 11.9 Å². The number of rotatable bonds is 18. The molecule has 2 unspecified atom stereocenters. The summed E-state index contributed by atoms with van der Waals surface area (Å²) in [5, 5.41) is 19.4. The Morgan fingerprint density at radius 1 is 0.725 bits per heavy atom. The van der Waals surface area contributed by atoms with Crippen molar-refractivity contribution in [1.82, 2.24) is 0 Å². The van der Waals surface area contributed by atoms with Crippen molar-refractivity contribution in [2.24, 2.45) is 17.8 Å². The highest BCUT2D eigenvalue weighted by Crippen LogP contribution is 2.41. The summed E-state index contributed by atoms with van der Waals surface area (Å²) in [6, 6.07) is 16.5. The van der Waals surface area contributed by atoms with Gasteiger partial charge in [-0.15, -0.1) is 0 Å². The lowest BCUT2D eigenvalue weighted by Gasteiger charge is -2.30. The molecule has 6 nitrogen and oxygen atoms in total. The molecule has 2 aromatic rings. The first-order valence-electron chi connectivity index (χ1n) is 19.8. The first kappa shape index (κ1) is 40.5. The van der Waals surface area contributed by atoms with Gasteiger partial charge in [-0.1, -0.05) is 88.2 Å². The fourth-order valence-corrected chi connectivity index (χ4v) is 8.05. The average Bonchev–Trinajstić information content (AvgIpc) is 3.14. The number of hydrogen-bond donors (Lipinski definition) is 2. The van der Waals surface area contributed by atoms with Crippen LogP contribution in [0, 0.1) is 24.7 Å². The lowest BCUT2D eigenvalue weighted by Crippen LogP contribution is -2.26. The van der Waals surface area contributed by atoms with Crippen molar-refractivity contribution >= 4 is 11.9 Å². The minimum absolute atomic E-state index is 0.00613. The van der Waals surface area contributed by atoms with Gasteiger partial charge in [0.25, 0.3) is 0 Å². The van der Waals surface area contributed by atoms with Crippen LogP contribution in [0.25, 0.3) is 11.1 Å². The number of unbranched alkanes of at least 4 members (excludes halogenated alkanes) is 2. The van der Waals surface area contributed by atoms with E-state index >= 15 is 0 Å². The van der Waals surface area contributed by atoms with Crippen LogP contribution in [-0.2, 0) is 19.1 Å². The highest BCUT2D eigenvalue weighted by molar-refractivity contribution is 5.89. The third-order valence-corrected chi connectivity index (χ3v) is 11.7. The molecule has 2 aliphatic rings. The number of aliphatic hydroxyl groups excluding tert-OH is 2. The Bertz CT molecular complexity index is 1390. The third kappa shape index (κ3) is 12.2. The fraction of sp³-hybridized carbons (Fsp3) is 0.600. The van der Waals surface area contributed by atoms with E-state index in [2.05, 4.69) is 69.5 Å². The van der Waals surface area contributed by atoms with Crippen LogP contribution in [0.2, 0.25) is 0 Å². The van der Waals surface area contributed by atoms with Crippen LogP contribution in [0.4, 0.5) is 0 Å². The van der Waals surface area contributed by atoms with Crippen LogP contribution in [0.3, 0.4) is 0 Å². The van der Waals surface area contributed by atoms with Crippen LogP contribution in [0.5, 0.6) is 0 Å². The molecule has 2 aromatic carbocycles. The van der Waals surface area contributed by atoms with E-state index in [0.29, 0.717) is 17.8 Å². The van der Waals surface area contributed by atoms with Crippen molar-refractivity contribution in [2.45, 2.75) is 142 Å². The largest absolute Gasteiger partial charge is 0.462 e. The van der Waals surface area contributed by atoms with Crippen LogP contribution in [0.15, 0.2) is 66.8 Å². The Balaban J connectivity index is 1.26. The highest BCUT2D eigenvalue weighted by atomic mass is 16.5. The van der Waals surface area contributed by atoms with Crippen LogP contribution in [0.1, 0.15) is 139 Å². The van der Waals surface area contributed by atoms with E-state index in [0.717, 1.165) is 44.4 Å². The van der Waals surface area contributed by atoms with E-state index in [4.69, 9.17) is 9.47 Å². The molecule has 4 rings (SSSR count). The Morgan fingerprint density at radius 2 is 1.22 bits per heavy atom. The molecule has 2 N–H and O–H groups in total. The predicted molar refractivity (Wildman–Crippen MR) is 206 cm³/mol. The SMILES string of the molecule is C=C(C(=O)OCC(CCC1CCC(c2ccc(-c3ccc(C4CCC(CCCCC)CC4)cc3)c(C)c2)CC1)COC(=O)C(=C)C(C)O)C(C)O. The molecule has 0 bridgehead atoms. The van der Waals surface area contributed by atoms with Gasteiger partial charge in [-0.05, 0) is 136 Å². The van der Waals surface area contributed by atoms with Crippen molar-refractivity contribution < 1.29 is 29.3 Å². The van der Waals surface area contributed by atoms with Crippen molar-refractivity contribution in [3.63, 3.8) is 0 Å². The molecule has 0 aromatic heterocycles. The van der Waals surface area contributed by atoms with Crippen LogP contribution < -0.4 is 0 Å². The van der Waals surface area contributed by atoms with Gasteiger partial charge in [-0.2, -0.15) is 0 Å². The van der Waals surface area contributed by atoms with Gasteiger partial charge in [-0.25, -0.2) is 9.59 Å². The molecule has 0 amide bonds. The fourth-order valence-electron chi connectivity index (χ4n) is 8.05. The van der Waals surface area contributed by atoms with E-state index in [1.54, 1.807) is 0 Å². The molecule has 2 saturated carbocycles. The Hall–Kier alpha value is -3.22. The van der Waals surface area contributed by atoms with Gasteiger partial charge < -0.3 is 19.7 Å². The molecule has 2 atom stereocenters. The number of carbonyl (C=O) groups excluding carboxylic acids is 2. The zero-order valence-electron chi connectivity index (χ0n) is 31.8. The summed E-state index contributed by atoms with van der Waals surface area (Å²) >= 11 is 0. The van der Waals surface area contributed by atoms with Crippen molar-refractivity contribution in [2.75, 3.05) is 13.2 Å². The lowest BCUT2D eigenvalue weighted by atomic mass is 9.76. The van der Waals surface area contributed by atoms with E-state index < -0.39 is 24.1 Å². The molecule has 280 valence electrons. The van der Waals surface area contributed by atoms with Gasteiger partial charge in [0.15, 0.2) is 0 Å². The predicted octanol–water partition coefficient (Wildman–Crippen LogP) is 10.1. The minimum atomic E-state index is -0.996. The molecule has 51 heavy (non-hydrogen) atoms. The molecule has 2 aliphatic carbocycles. The summed E-state index contributed by atoms with van der Waals surface area (Å²) in [5.41, 5.74) is 6.88. The summed E-state index contributed by atoms with van der Waals surface area (Å²) in [4.78, 5) is 24.6. The quantitative estimate of drug-likeness (QED) is 0.0914. The molecule has 0 spiro atoms. The molecule has 0 radical (unpaired) electrons. The minimum Gasteiger partial charge on any atom is -0.462 e. The maximum Gasteiger partial charge on any atom is 0.336 e. The number of ether oxygens (including phenoxy) is 2. The normalized spacial score (nSPS) is 22.4. The molecular weight excluding hydrogens is 636 g/mol. The third-order valence-electron chi connectivity index (χ3n) is 11.7. The van der Waals surface area contributed by atoms with Crippen LogP contribution >= 0.6 is 0 Å². The Morgan fingerprint density at radius 3 is 1.71 bits per heavy atom.